The summed E-state index contributed by atoms with van der Waals surface area (Å²) < 4.78 is 40.8. The van der Waals surface area contributed by atoms with Gasteiger partial charge in [0.25, 0.3) is 10.0 Å². The highest BCUT2D eigenvalue weighted by atomic mass is 32.2. The highest BCUT2D eigenvalue weighted by molar-refractivity contribution is 7.93. The number of aryl methyl sites for hydroxylation is 1. The van der Waals surface area contributed by atoms with E-state index in [9.17, 15) is 22.7 Å². The molecular formula is C23H28FN5O4S2. The molecule has 0 radical (unpaired) electrons. The minimum atomic E-state index is -4.50. The number of halogens is 1. The van der Waals surface area contributed by atoms with Crippen LogP contribution in [-0.4, -0.2) is 47.1 Å². The SMILES string of the molecule is Cc1nc(S(=O)(=O)N(C(=O)O)c2cscn2)ccc1NCc1c(F)cccc1CN(C)C(C)(C)C. The van der Waals surface area contributed by atoms with Crippen molar-refractivity contribution in [3.05, 3.63) is 63.9 Å². The average Bonchev–Trinajstić information content (AvgIpc) is 3.26. The van der Waals surface area contributed by atoms with Crippen LogP contribution in [0.1, 0.15) is 37.6 Å². The molecule has 1 amide bonds. The second-order valence-electron chi connectivity index (χ2n) is 8.94. The van der Waals surface area contributed by atoms with E-state index < -0.39 is 21.1 Å². The van der Waals surface area contributed by atoms with Gasteiger partial charge < -0.3 is 10.4 Å². The van der Waals surface area contributed by atoms with Crippen molar-refractivity contribution in [2.75, 3.05) is 16.7 Å². The van der Waals surface area contributed by atoms with Gasteiger partial charge in [0.2, 0.25) is 0 Å². The maximum absolute atomic E-state index is 14.7. The molecule has 1 aromatic carbocycles. The molecule has 0 aliphatic heterocycles. The van der Waals surface area contributed by atoms with Crippen molar-refractivity contribution < 1.29 is 22.7 Å². The van der Waals surface area contributed by atoms with Gasteiger partial charge >= 0.3 is 6.09 Å². The number of benzene rings is 1. The summed E-state index contributed by atoms with van der Waals surface area (Å²) in [6.45, 7) is 8.53. The molecule has 35 heavy (non-hydrogen) atoms. The number of carboxylic acid groups (broad SMARTS) is 1. The fourth-order valence-corrected chi connectivity index (χ4v) is 5.03. The Kier molecular flexibility index (Phi) is 7.77. The van der Waals surface area contributed by atoms with Crippen LogP contribution in [0.15, 0.2) is 46.2 Å². The minimum absolute atomic E-state index is 0.0960. The largest absolute Gasteiger partial charge is 0.464 e. The molecule has 0 saturated carbocycles. The summed E-state index contributed by atoms with van der Waals surface area (Å²) in [5.74, 6) is -0.570. The zero-order valence-corrected chi connectivity index (χ0v) is 21.7. The molecule has 0 spiro atoms. The number of hydrogen-bond acceptors (Lipinski definition) is 8. The van der Waals surface area contributed by atoms with E-state index in [4.69, 9.17) is 0 Å². The van der Waals surface area contributed by atoms with E-state index in [1.54, 1.807) is 13.0 Å². The van der Waals surface area contributed by atoms with Gasteiger partial charge in [-0.2, -0.15) is 8.42 Å². The molecule has 188 valence electrons. The summed E-state index contributed by atoms with van der Waals surface area (Å²) in [6, 6.07) is 7.65. The molecule has 0 saturated heterocycles. The standard InChI is InChI=1S/C23H28FN5O4S2/c1-15-19(25-11-17-16(7-6-8-18(17)24)12-28(5)23(2,3)4)9-10-21(27-15)35(32,33)29(22(30)31)20-13-34-14-26-20/h6-10,13-14,25H,11-12H2,1-5H3,(H,30,31). The predicted molar refractivity (Wildman–Crippen MR) is 134 cm³/mol. The van der Waals surface area contributed by atoms with Crippen LogP contribution in [0.4, 0.5) is 20.7 Å². The Labute approximate surface area is 208 Å². The molecule has 2 N–H and O–H groups in total. The number of anilines is 2. The van der Waals surface area contributed by atoms with Crippen LogP contribution in [0.2, 0.25) is 0 Å². The lowest BCUT2D eigenvalue weighted by atomic mass is 10.0. The Morgan fingerprint density at radius 1 is 1.23 bits per heavy atom. The maximum atomic E-state index is 14.7. The number of carbonyl (C=O) groups is 1. The normalized spacial score (nSPS) is 12.1. The number of pyridine rings is 1. The maximum Gasteiger partial charge on any atom is 0.427 e. The summed E-state index contributed by atoms with van der Waals surface area (Å²) >= 11 is 1.07. The molecule has 0 aliphatic carbocycles. The van der Waals surface area contributed by atoms with Crippen LogP contribution < -0.4 is 9.62 Å². The van der Waals surface area contributed by atoms with Crippen molar-refractivity contribution in [1.29, 1.82) is 0 Å². The second kappa shape index (κ2) is 10.3. The fourth-order valence-electron chi connectivity index (χ4n) is 3.22. The van der Waals surface area contributed by atoms with Crippen LogP contribution in [0.5, 0.6) is 0 Å². The average molecular weight is 522 g/mol. The van der Waals surface area contributed by atoms with Gasteiger partial charge in [-0.3, -0.25) is 4.90 Å². The van der Waals surface area contributed by atoms with Crippen LogP contribution in [0.25, 0.3) is 0 Å². The molecule has 0 atom stereocenters. The number of hydrogen-bond donors (Lipinski definition) is 2. The van der Waals surface area contributed by atoms with Gasteiger partial charge in [-0.15, -0.1) is 15.6 Å². The van der Waals surface area contributed by atoms with Gasteiger partial charge in [0.15, 0.2) is 10.8 Å². The van der Waals surface area contributed by atoms with Crippen molar-refractivity contribution in [3.63, 3.8) is 0 Å². The third-order valence-corrected chi connectivity index (χ3v) is 7.74. The zero-order chi connectivity index (χ0) is 26.0. The van der Waals surface area contributed by atoms with Gasteiger partial charge in [-0.1, -0.05) is 12.1 Å². The molecule has 3 aromatic rings. The summed E-state index contributed by atoms with van der Waals surface area (Å²) in [7, 11) is -2.52. The first-order valence-corrected chi connectivity index (χ1v) is 13.1. The number of rotatable bonds is 8. The molecule has 2 aromatic heterocycles. The number of amides is 1. The summed E-state index contributed by atoms with van der Waals surface area (Å²) in [5.41, 5.74) is 3.39. The minimum Gasteiger partial charge on any atom is -0.464 e. The lowest BCUT2D eigenvalue weighted by Crippen LogP contribution is -2.37. The first kappa shape index (κ1) is 26.5. The molecule has 3 rings (SSSR count). The lowest BCUT2D eigenvalue weighted by Gasteiger charge is -2.32. The number of sulfonamides is 1. The number of nitrogens with one attached hydrogen (secondary N) is 1. The monoisotopic (exact) mass is 521 g/mol. The van der Waals surface area contributed by atoms with Crippen LogP contribution >= 0.6 is 11.3 Å². The highest BCUT2D eigenvalue weighted by Gasteiger charge is 2.33. The Bertz CT molecular complexity index is 1310. The quantitative estimate of drug-likeness (QED) is 0.438. The van der Waals surface area contributed by atoms with E-state index >= 15 is 0 Å². The molecule has 0 fully saturated rings. The van der Waals surface area contributed by atoms with E-state index in [1.165, 1.54) is 29.1 Å². The van der Waals surface area contributed by atoms with Crippen molar-refractivity contribution in [3.8, 4) is 0 Å². The Balaban J connectivity index is 1.84. The zero-order valence-electron chi connectivity index (χ0n) is 20.1. The first-order chi connectivity index (χ1) is 16.3. The van der Waals surface area contributed by atoms with E-state index in [1.807, 2.05) is 13.1 Å². The van der Waals surface area contributed by atoms with Crippen LogP contribution in [0, 0.1) is 12.7 Å². The predicted octanol–water partition coefficient (Wildman–Crippen LogP) is 4.70. The third kappa shape index (κ3) is 5.95. The summed E-state index contributed by atoms with van der Waals surface area (Å²) in [4.78, 5) is 21.7. The first-order valence-electron chi connectivity index (χ1n) is 10.7. The topological polar surface area (TPSA) is 116 Å². The molecule has 0 unspecified atom stereocenters. The number of nitrogens with zero attached hydrogens (tertiary/aromatic N) is 4. The Hall–Kier alpha value is -3.09. The number of thiazole rings is 1. The number of aromatic nitrogens is 2. The van der Waals surface area contributed by atoms with E-state index in [0.717, 1.165) is 16.9 Å². The van der Waals surface area contributed by atoms with Crippen LogP contribution in [0.3, 0.4) is 0 Å². The fraction of sp³-hybridized carbons (Fsp3) is 0.348. The Morgan fingerprint density at radius 2 is 1.94 bits per heavy atom. The van der Waals surface area contributed by atoms with Gasteiger partial charge in [0.05, 0.1) is 16.9 Å². The van der Waals surface area contributed by atoms with Gasteiger partial charge in [0, 0.05) is 29.6 Å². The van der Waals surface area contributed by atoms with Crippen molar-refractivity contribution in [1.82, 2.24) is 14.9 Å². The van der Waals surface area contributed by atoms with Crippen molar-refractivity contribution >= 4 is 39.0 Å². The van der Waals surface area contributed by atoms with Gasteiger partial charge in [0.1, 0.15) is 5.82 Å². The van der Waals surface area contributed by atoms with Gasteiger partial charge in [-0.05, 0) is 58.5 Å². The highest BCUT2D eigenvalue weighted by Crippen LogP contribution is 2.26. The van der Waals surface area contributed by atoms with Crippen molar-refractivity contribution in [2.24, 2.45) is 0 Å². The molecule has 0 bridgehead atoms. The Morgan fingerprint density at radius 3 is 2.51 bits per heavy atom. The molecular weight excluding hydrogens is 493 g/mol. The molecule has 2 heterocycles. The molecule has 0 aliphatic rings. The lowest BCUT2D eigenvalue weighted by molar-refractivity contribution is 0.167. The third-order valence-electron chi connectivity index (χ3n) is 5.59. The molecule has 9 nitrogen and oxygen atoms in total. The second-order valence-corrected chi connectivity index (χ2v) is 11.4. The summed E-state index contributed by atoms with van der Waals surface area (Å²) in [5, 5.41) is 13.5. The van der Waals surface area contributed by atoms with Gasteiger partial charge in [-0.25, -0.2) is 19.2 Å². The molecule has 12 heteroatoms. The van der Waals surface area contributed by atoms with Crippen molar-refractivity contribution in [2.45, 2.75) is 51.3 Å². The van der Waals surface area contributed by atoms with E-state index in [0.29, 0.717) is 23.5 Å². The smallest absolute Gasteiger partial charge is 0.427 e. The summed E-state index contributed by atoms with van der Waals surface area (Å²) in [6.07, 6.45) is -1.69. The van der Waals surface area contributed by atoms with E-state index in [2.05, 4.69) is 41.0 Å². The van der Waals surface area contributed by atoms with Crippen LogP contribution in [-0.2, 0) is 23.1 Å². The van der Waals surface area contributed by atoms with E-state index in [-0.39, 0.29) is 28.0 Å².